The van der Waals surface area contributed by atoms with Crippen LogP contribution in [0.25, 0.3) is 10.2 Å². The Labute approximate surface area is 228 Å². The average molecular weight is 551 g/mol. The van der Waals surface area contributed by atoms with Crippen LogP contribution in [0.1, 0.15) is 6.92 Å². The zero-order valence-corrected chi connectivity index (χ0v) is 22.4. The molecule has 1 fully saturated rings. The molecular formula is C27H27FN6O2S2. The topological polar surface area (TPSA) is 82.6 Å². The number of benzene rings is 2. The van der Waals surface area contributed by atoms with Crippen LogP contribution < -0.4 is 20.3 Å². The maximum absolute atomic E-state index is 15.1. The Kier molecular flexibility index (Phi) is 8.06. The third kappa shape index (κ3) is 6.07. The molecule has 11 heteroatoms. The number of ether oxygens (including phenoxy) is 1. The molecule has 0 spiro atoms. The van der Waals surface area contributed by atoms with Crippen molar-refractivity contribution < 1.29 is 13.9 Å². The molecule has 2 N–H and O–H groups in total. The van der Waals surface area contributed by atoms with Crippen molar-refractivity contribution in [1.29, 1.82) is 0 Å². The molecule has 1 aliphatic heterocycles. The van der Waals surface area contributed by atoms with Crippen LogP contribution in [0, 0.1) is 5.82 Å². The SMILES string of the molecule is C=CC(=O)Nc1cccc(Oc2nc(Nc3ccc(N4CCN(SCC)CC4)c(F)c3)nc3ccsc23)c1. The van der Waals surface area contributed by atoms with E-state index in [1.54, 1.807) is 30.3 Å². The van der Waals surface area contributed by atoms with Gasteiger partial charge in [-0.1, -0.05) is 31.5 Å². The molecule has 1 amide bonds. The summed E-state index contributed by atoms with van der Waals surface area (Å²) in [7, 11) is 0. The number of anilines is 4. The highest BCUT2D eigenvalue weighted by atomic mass is 32.2. The average Bonchev–Trinajstić information content (AvgIpc) is 3.39. The first-order chi connectivity index (χ1) is 18.5. The number of halogens is 1. The second-order valence-electron chi connectivity index (χ2n) is 8.44. The Morgan fingerprint density at radius 2 is 2.00 bits per heavy atom. The largest absolute Gasteiger partial charge is 0.437 e. The van der Waals surface area contributed by atoms with Gasteiger partial charge in [0.1, 0.15) is 16.3 Å². The van der Waals surface area contributed by atoms with Crippen molar-refractivity contribution in [3.8, 4) is 11.6 Å². The van der Waals surface area contributed by atoms with Gasteiger partial charge in [0.05, 0.1) is 11.2 Å². The predicted octanol–water partition coefficient (Wildman–Crippen LogP) is 6.28. The lowest BCUT2D eigenvalue weighted by molar-refractivity contribution is -0.111. The first kappa shape index (κ1) is 26.0. The van der Waals surface area contributed by atoms with Crippen molar-refractivity contribution in [2.75, 3.05) is 47.5 Å². The van der Waals surface area contributed by atoms with Gasteiger partial charge in [0.15, 0.2) is 0 Å². The lowest BCUT2D eigenvalue weighted by atomic mass is 10.2. The summed E-state index contributed by atoms with van der Waals surface area (Å²) in [6, 6.07) is 14.0. The van der Waals surface area contributed by atoms with Crippen molar-refractivity contribution >= 4 is 62.4 Å². The van der Waals surface area contributed by atoms with Crippen LogP contribution in [0.3, 0.4) is 0 Å². The highest BCUT2D eigenvalue weighted by Gasteiger charge is 2.20. The van der Waals surface area contributed by atoms with Crippen LogP contribution >= 0.6 is 23.3 Å². The summed E-state index contributed by atoms with van der Waals surface area (Å²) < 4.78 is 24.3. The number of hydrogen-bond acceptors (Lipinski definition) is 9. The van der Waals surface area contributed by atoms with Gasteiger partial charge in [-0.15, -0.1) is 11.3 Å². The molecule has 196 valence electrons. The Morgan fingerprint density at radius 1 is 1.16 bits per heavy atom. The predicted molar refractivity (Wildman–Crippen MR) is 154 cm³/mol. The summed E-state index contributed by atoms with van der Waals surface area (Å²) in [5, 5.41) is 7.74. The van der Waals surface area contributed by atoms with E-state index < -0.39 is 0 Å². The summed E-state index contributed by atoms with van der Waals surface area (Å²) >= 11 is 3.28. The fourth-order valence-corrected chi connectivity index (χ4v) is 5.66. The molecule has 1 aliphatic rings. The van der Waals surface area contributed by atoms with E-state index in [1.807, 2.05) is 29.5 Å². The van der Waals surface area contributed by atoms with Gasteiger partial charge < -0.3 is 20.3 Å². The molecule has 0 aliphatic carbocycles. The standard InChI is InChI=1S/C27H27FN6O2S2/c1-3-24(35)29-18-6-5-7-20(16-18)36-26-25-22(10-15-37-25)31-27(32-26)30-19-8-9-23(21(28)17-19)33-11-13-34(14-12-33)38-4-2/h3,5-10,15-17H,1,4,11-14H2,2H3,(H,29,35)(H,30,31,32). The number of hydrogen-bond donors (Lipinski definition) is 2. The number of amides is 1. The van der Waals surface area contributed by atoms with Crippen molar-refractivity contribution in [3.05, 3.63) is 72.4 Å². The van der Waals surface area contributed by atoms with E-state index in [1.165, 1.54) is 23.5 Å². The summed E-state index contributed by atoms with van der Waals surface area (Å²) in [4.78, 5) is 22.9. The smallest absolute Gasteiger partial charge is 0.247 e. The zero-order chi connectivity index (χ0) is 26.5. The van der Waals surface area contributed by atoms with E-state index >= 15 is 4.39 Å². The van der Waals surface area contributed by atoms with Gasteiger partial charge in [-0.25, -0.2) is 13.7 Å². The molecule has 4 aromatic rings. The van der Waals surface area contributed by atoms with Crippen molar-refractivity contribution in [2.45, 2.75) is 6.92 Å². The van der Waals surface area contributed by atoms with E-state index in [9.17, 15) is 4.79 Å². The van der Waals surface area contributed by atoms with E-state index in [-0.39, 0.29) is 11.7 Å². The van der Waals surface area contributed by atoms with Crippen LogP contribution in [0.4, 0.5) is 27.4 Å². The minimum atomic E-state index is -0.313. The summed E-state index contributed by atoms with van der Waals surface area (Å²) in [5.41, 5.74) is 2.42. The Balaban J connectivity index is 1.33. The van der Waals surface area contributed by atoms with Crippen LogP contribution in [0.5, 0.6) is 11.6 Å². The number of carbonyl (C=O) groups is 1. The number of aromatic nitrogens is 2. The van der Waals surface area contributed by atoms with Crippen molar-refractivity contribution in [1.82, 2.24) is 14.3 Å². The molecule has 3 heterocycles. The maximum atomic E-state index is 15.1. The van der Waals surface area contributed by atoms with Gasteiger partial charge in [-0.05, 0) is 47.9 Å². The molecular weight excluding hydrogens is 523 g/mol. The molecule has 0 atom stereocenters. The number of rotatable bonds is 9. The van der Waals surface area contributed by atoms with E-state index in [0.29, 0.717) is 40.2 Å². The number of piperazine rings is 1. The van der Waals surface area contributed by atoms with Gasteiger partial charge in [-0.3, -0.25) is 4.79 Å². The number of nitrogens with zero attached hydrogens (tertiary/aromatic N) is 4. The monoisotopic (exact) mass is 550 g/mol. The van der Waals surface area contributed by atoms with Gasteiger partial charge in [0.2, 0.25) is 17.7 Å². The molecule has 1 saturated heterocycles. The molecule has 38 heavy (non-hydrogen) atoms. The minimum Gasteiger partial charge on any atom is -0.437 e. The lowest BCUT2D eigenvalue weighted by Crippen LogP contribution is -2.43. The van der Waals surface area contributed by atoms with Gasteiger partial charge in [0.25, 0.3) is 0 Å². The molecule has 2 aromatic carbocycles. The van der Waals surface area contributed by atoms with E-state index in [0.717, 1.165) is 36.6 Å². The molecule has 2 aromatic heterocycles. The quantitative estimate of drug-likeness (QED) is 0.186. The normalized spacial score (nSPS) is 13.9. The van der Waals surface area contributed by atoms with Crippen LogP contribution in [-0.4, -0.2) is 52.1 Å². The molecule has 0 bridgehead atoms. The molecule has 0 unspecified atom stereocenters. The molecule has 8 nitrogen and oxygen atoms in total. The Morgan fingerprint density at radius 3 is 2.76 bits per heavy atom. The first-order valence-corrected chi connectivity index (χ1v) is 14.0. The minimum absolute atomic E-state index is 0.291. The first-order valence-electron chi connectivity index (χ1n) is 12.2. The number of fused-ring (bicyclic) bond motifs is 1. The highest BCUT2D eigenvalue weighted by Crippen LogP contribution is 2.34. The van der Waals surface area contributed by atoms with Crippen molar-refractivity contribution in [2.24, 2.45) is 0 Å². The lowest BCUT2D eigenvalue weighted by Gasteiger charge is -2.35. The fourth-order valence-electron chi connectivity index (χ4n) is 4.11. The van der Waals surface area contributed by atoms with Gasteiger partial charge >= 0.3 is 0 Å². The van der Waals surface area contributed by atoms with E-state index in [2.05, 4.69) is 43.3 Å². The molecule has 5 rings (SSSR count). The fraction of sp³-hybridized carbons (Fsp3) is 0.222. The number of thiophene rings is 1. The highest BCUT2D eigenvalue weighted by molar-refractivity contribution is 7.96. The molecule has 0 radical (unpaired) electrons. The second kappa shape index (κ2) is 11.8. The summed E-state index contributed by atoms with van der Waals surface area (Å²) in [6.45, 7) is 8.98. The Bertz CT molecular complexity index is 1450. The number of carbonyl (C=O) groups excluding carboxylic acids is 1. The zero-order valence-electron chi connectivity index (χ0n) is 20.8. The second-order valence-corrected chi connectivity index (χ2v) is 10.7. The number of nitrogens with one attached hydrogen (secondary N) is 2. The van der Waals surface area contributed by atoms with Crippen LogP contribution in [-0.2, 0) is 4.79 Å². The van der Waals surface area contributed by atoms with Gasteiger partial charge in [0, 0.05) is 49.4 Å². The summed E-state index contributed by atoms with van der Waals surface area (Å²) in [6.07, 6.45) is 1.20. The maximum Gasteiger partial charge on any atom is 0.247 e. The molecule has 0 saturated carbocycles. The Hall–Kier alpha value is -3.67. The van der Waals surface area contributed by atoms with Crippen molar-refractivity contribution in [3.63, 3.8) is 0 Å². The third-order valence-electron chi connectivity index (χ3n) is 5.87. The third-order valence-corrected chi connectivity index (χ3v) is 7.75. The van der Waals surface area contributed by atoms with E-state index in [4.69, 9.17) is 4.74 Å². The van der Waals surface area contributed by atoms with Crippen LogP contribution in [0.2, 0.25) is 0 Å². The van der Waals surface area contributed by atoms with Gasteiger partial charge in [-0.2, -0.15) is 4.98 Å². The summed E-state index contributed by atoms with van der Waals surface area (Å²) in [5.74, 6) is 1.59. The van der Waals surface area contributed by atoms with Crippen LogP contribution in [0.15, 0.2) is 66.6 Å².